The van der Waals surface area contributed by atoms with Gasteiger partial charge in [0.2, 0.25) is 0 Å². The molecule has 0 aromatic heterocycles. The number of ketones is 1. The minimum Gasteiger partial charge on any atom is -0.508 e. The summed E-state index contributed by atoms with van der Waals surface area (Å²) in [4.78, 5) is 23.6. The lowest BCUT2D eigenvalue weighted by atomic mass is 9.66. The van der Waals surface area contributed by atoms with E-state index in [9.17, 15) is 14.7 Å². The molecule has 1 saturated carbocycles. The first-order valence-electron chi connectivity index (χ1n) is 9.33. The Morgan fingerprint density at radius 1 is 1.19 bits per heavy atom. The van der Waals surface area contributed by atoms with Crippen LogP contribution in [0, 0.1) is 10.8 Å². The Hall–Kier alpha value is -1.20. The number of hydrogen-bond donors (Lipinski definition) is 1. The molecule has 1 fully saturated rings. The highest BCUT2D eigenvalue weighted by atomic mass is 28.4. The molecule has 0 heterocycles. The van der Waals surface area contributed by atoms with Crippen molar-refractivity contribution < 1.29 is 19.1 Å². The summed E-state index contributed by atoms with van der Waals surface area (Å²) in [7, 11) is -1.91. The molecular formula is C21H36O4Si. The number of carbonyl (C=O) groups is 2. The Bertz CT molecular complexity index is 622. The van der Waals surface area contributed by atoms with Crippen molar-refractivity contribution in [1.29, 1.82) is 0 Å². The fourth-order valence-corrected chi connectivity index (χ4v) is 4.65. The molecule has 26 heavy (non-hydrogen) atoms. The lowest BCUT2D eigenvalue weighted by Gasteiger charge is -2.38. The van der Waals surface area contributed by atoms with E-state index in [0.29, 0.717) is 18.3 Å². The van der Waals surface area contributed by atoms with Crippen LogP contribution < -0.4 is 0 Å². The van der Waals surface area contributed by atoms with Gasteiger partial charge < -0.3 is 9.53 Å². The molecule has 0 unspecified atom stereocenters. The highest BCUT2D eigenvalue weighted by Gasteiger charge is 2.55. The van der Waals surface area contributed by atoms with Crippen molar-refractivity contribution in [2.75, 3.05) is 0 Å². The molecule has 1 aliphatic rings. The molecule has 1 rings (SSSR count). The fourth-order valence-electron chi connectivity index (χ4n) is 3.29. The van der Waals surface area contributed by atoms with Crippen LogP contribution in [0.3, 0.4) is 0 Å². The summed E-state index contributed by atoms with van der Waals surface area (Å²) in [6, 6.07) is 0. The van der Waals surface area contributed by atoms with Gasteiger partial charge in [-0.05, 0) is 55.0 Å². The van der Waals surface area contributed by atoms with Crippen LogP contribution in [0.1, 0.15) is 61.3 Å². The number of aldehydes is 1. The van der Waals surface area contributed by atoms with Crippen molar-refractivity contribution in [3.63, 3.8) is 0 Å². The predicted octanol–water partition coefficient (Wildman–Crippen LogP) is 5.36. The third kappa shape index (κ3) is 4.55. The zero-order valence-electron chi connectivity index (χ0n) is 17.9. The van der Waals surface area contributed by atoms with Gasteiger partial charge in [0.25, 0.3) is 0 Å². The van der Waals surface area contributed by atoms with Crippen molar-refractivity contribution in [2.24, 2.45) is 10.8 Å². The van der Waals surface area contributed by atoms with E-state index in [1.165, 1.54) is 12.2 Å². The molecule has 4 nitrogen and oxygen atoms in total. The van der Waals surface area contributed by atoms with Crippen LogP contribution in [-0.4, -0.2) is 31.6 Å². The number of aliphatic hydroxyl groups is 1. The molecule has 0 saturated heterocycles. The van der Waals surface area contributed by atoms with Crippen LogP contribution in [0.5, 0.6) is 0 Å². The molecule has 1 aliphatic carbocycles. The van der Waals surface area contributed by atoms with E-state index in [-0.39, 0.29) is 28.1 Å². The van der Waals surface area contributed by atoms with Crippen molar-refractivity contribution in [3.05, 3.63) is 23.5 Å². The standard InChI is InChI=1S/C21H36O4Si/c1-15(10-11-22)17(23)12-18(24)21(7)14-16(13-20(21,5)6)25-26(8,9)19(2,3)4/h10-12,16,23H,13-14H2,1-9H3/b15-10+,17-12-/t16-,21-/m0/s1. The van der Waals surface area contributed by atoms with Gasteiger partial charge in [0.1, 0.15) is 12.0 Å². The number of rotatable bonds is 6. The summed E-state index contributed by atoms with van der Waals surface area (Å²) in [5.74, 6) is -0.257. The minimum absolute atomic E-state index is 0.0435. The predicted molar refractivity (Wildman–Crippen MR) is 109 cm³/mol. The second-order valence-electron chi connectivity index (χ2n) is 10.0. The zero-order valence-corrected chi connectivity index (χ0v) is 18.9. The monoisotopic (exact) mass is 380 g/mol. The molecule has 0 aromatic carbocycles. The Kier molecular flexibility index (Phi) is 6.53. The molecule has 0 aromatic rings. The van der Waals surface area contributed by atoms with Crippen molar-refractivity contribution >= 4 is 20.4 Å². The topological polar surface area (TPSA) is 63.6 Å². The second kappa shape index (κ2) is 7.43. The van der Waals surface area contributed by atoms with Gasteiger partial charge in [-0.2, -0.15) is 0 Å². The van der Waals surface area contributed by atoms with Gasteiger partial charge in [-0.15, -0.1) is 0 Å². The smallest absolute Gasteiger partial charge is 0.192 e. The van der Waals surface area contributed by atoms with Crippen LogP contribution in [0.4, 0.5) is 0 Å². The number of allylic oxidation sites excluding steroid dienone is 3. The molecule has 0 aliphatic heterocycles. The van der Waals surface area contributed by atoms with E-state index in [4.69, 9.17) is 4.43 Å². The van der Waals surface area contributed by atoms with Gasteiger partial charge in [-0.1, -0.05) is 41.5 Å². The number of carbonyl (C=O) groups excluding carboxylic acids is 2. The van der Waals surface area contributed by atoms with Crippen molar-refractivity contribution in [3.8, 4) is 0 Å². The molecule has 2 atom stereocenters. The summed E-state index contributed by atoms with van der Waals surface area (Å²) in [5, 5.41) is 10.2. The van der Waals surface area contributed by atoms with E-state index in [0.717, 1.165) is 6.42 Å². The number of aliphatic hydroxyl groups excluding tert-OH is 1. The Balaban J connectivity index is 3.09. The summed E-state index contributed by atoms with van der Waals surface area (Å²) in [5.41, 5.74) is -0.465. The van der Waals surface area contributed by atoms with Crippen LogP contribution in [0.25, 0.3) is 0 Å². The third-order valence-electron chi connectivity index (χ3n) is 6.67. The van der Waals surface area contributed by atoms with Gasteiger partial charge in [0.05, 0.1) is 0 Å². The lowest BCUT2D eigenvalue weighted by Crippen LogP contribution is -2.43. The molecule has 148 valence electrons. The molecular weight excluding hydrogens is 344 g/mol. The Labute approximate surface area is 159 Å². The van der Waals surface area contributed by atoms with Crippen LogP contribution in [-0.2, 0) is 14.0 Å². The summed E-state index contributed by atoms with van der Waals surface area (Å²) >= 11 is 0. The van der Waals surface area contributed by atoms with E-state index < -0.39 is 13.7 Å². The Morgan fingerprint density at radius 3 is 2.19 bits per heavy atom. The SMILES string of the molecule is CC(=C\C=O)/C(O)=C/C(=O)[C@]1(C)C[C@@H](O[Si](C)(C)C(C)(C)C)CC1(C)C. The third-order valence-corrected chi connectivity index (χ3v) is 11.2. The lowest BCUT2D eigenvalue weighted by molar-refractivity contribution is -0.127. The van der Waals surface area contributed by atoms with E-state index in [2.05, 4.69) is 47.7 Å². The maximum Gasteiger partial charge on any atom is 0.192 e. The van der Waals surface area contributed by atoms with E-state index in [1.807, 2.05) is 6.92 Å². The van der Waals surface area contributed by atoms with Crippen molar-refractivity contribution in [1.82, 2.24) is 0 Å². The van der Waals surface area contributed by atoms with Gasteiger partial charge >= 0.3 is 0 Å². The van der Waals surface area contributed by atoms with Crippen LogP contribution in [0.15, 0.2) is 23.5 Å². The quantitative estimate of drug-likeness (QED) is 0.221. The van der Waals surface area contributed by atoms with Gasteiger partial charge in [0, 0.05) is 17.6 Å². The van der Waals surface area contributed by atoms with Crippen LogP contribution >= 0.6 is 0 Å². The molecule has 0 radical (unpaired) electrons. The summed E-state index contributed by atoms with van der Waals surface area (Å²) in [6.45, 7) is 18.9. The first kappa shape index (κ1) is 22.8. The maximum absolute atomic E-state index is 13.0. The summed E-state index contributed by atoms with van der Waals surface area (Å²) in [6.07, 6.45) is 4.64. The number of hydrogen-bond acceptors (Lipinski definition) is 4. The molecule has 5 heteroatoms. The molecule has 0 amide bonds. The molecule has 1 N–H and O–H groups in total. The van der Waals surface area contributed by atoms with Gasteiger partial charge in [0.15, 0.2) is 14.1 Å². The van der Waals surface area contributed by atoms with E-state index >= 15 is 0 Å². The normalized spacial score (nSPS) is 27.5. The van der Waals surface area contributed by atoms with Gasteiger partial charge in [-0.3, -0.25) is 9.59 Å². The second-order valence-corrected chi connectivity index (χ2v) is 14.8. The Morgan fingerprint density at radius 2 is 1.73 bits per heavy atom. The average Bonchev–Trinajstić information content (AvgIpc) is 2.67. The highest BCUT2D eigenvalue weighted by molar-refractivity contribution is 6.74. The van der Waals surface area contributed by atoms with Crippen molar-refractivity contribution in [2.45, 2.75) is 85.5 Å². The largest absolute Gasteiger partial charge is 0.508 e. The van der Waals surface area contributed by atoms with Crippen LogP contribution in [0.2, 0.25) is 18.1 Å². The minimum atomic E-state index is -1.91. The zero-order chi connectivity index (χ0) is 20.6. The molecule has 0 spiro atoms. The molecule has 0 bridgehead atoms. The first-order valence-corrected chi connectivity index (χ1v) is 12.2. The summed E-state index contributed by atoms with van der Waals surface area (Å²) < 4.78 is 6.58. The maximum atomic E-state index is 13.0. The van der Waals surface area contributed by atoms with Gasteiger partial charge in [-0.25, -0.2) is 0 Å². The highest BCUT2D eigenvalue weighted by Crippen LogP contribution is 2.55. The average molecular weight is 381 g/mol. The first-order chi connectivity index (χ1) is 11.6. The fraction of sp³-hybridized carbons (Fsp3) is 0.714. The van der Waals surface area contributed by atoms with E-state index in [1.54, 1.807) is 6.92 Å².